The van der Waals surface area contributed by atoms with E-state index < -0.39 is 5.67 Å². The standard InChI is InChI=1S/C12H14FN/c1-12(2,13)9-11-6-4-3-5-10(11)7-8-14/h3-6H,7,9H2,1-2H3. The van der Waals surface area contributed by atoms with Crippen molar-refractivity contribution in [3.63, 3.8) is 0 Å². The molecule has 1 nitrogen and oxygen atoms in total. The molecule has 74 valence electrons. The molecule has 0 unspecified atom stereocenters. The summed E-state index contributed by atoms with van der Waals surface area (Å²) in [7, 11) is 0. The SMILES string of the molecule is CC(C)(F)Cc1ccccc1CC#N. The van der Waals surface area contributed by atoms with E-state index in [2.05, 4.69) is 6.07 Å². The van der Waals surface area contributed by atoms with Gasteiger partial charge in [0.2, 0.25) is 0 Å². The van der Waals surface area contributed by atoms with Gasteiger partial charge in [-0.3, -0.25) is 0 Å². The second-order valence-electron chi connectivity index (χ2n) is 4.00. The maximum Gasteiger partial charge on any atom is 0.109 e. The fraction of sp³-hybridized carbons (Fsp3) is 0.417. The predicted octanol–water partition coefficient (Wildman–Crippen LogP) is 3.04. The van der Waals surface area contributed by atoms with Crippen LogP contribution in [0.5, 0.6) is 0 Å². The Balaban J connectivity index is 2.91. The molecule has 0 aliphatic carbocycles. The van der Waals surface area contributed by atoms with E-state index in [-0.39, 0.29) is 0 Å². The molecule has 0 atom stereocenters. The third-order valence-corrected chi connectivity index (χ3v) is 2.00. The summed E-state index contributed by atoms with van der Waals surface area (Å²) in [6, 6.07) is 9.60. The van der Waals surface area contributed by atoms with Gasteiger partial charge in [0, 0.05) is 6.42 Å². The van der Waals surface area contributed by atoms with Crippen LogP contribution in [0.3, 0.4) is 0 Å². The van der Waals surface area contributed by atoms with Crippen molar-refractivity contribution in [2.45, 2.75) is 32.4 Å². The second kappa shape index (κ2) is 4.23. The van der Waals surface area contributed by atoms with Crippen molar-refractivity contribution >= 4 is 0 Å². The molecule has 14 heavy (non-hydrogen) atoms. The summed E-state index contributed by atoms with van der Waals surface area (Å²) in [5, 5.41) is 8.60. The van der Waals surface area contributed by atoms with Crippen LogP contribution in [-0.4, -0.2) is 5.67 Å². The third kappa shape index (κ3) is 3.18. The summed E-state index contributed by atoms with van der Waals surface area (Å²) < 4.78 is 13.4. The second-order valence-corrected chi connectivity index (χ2v) is 4.00. The van der Waals surface area contributed by atoms with Gasteiger partial charge in [0.05, 0.1) is 12.5 Å². The molecule has 0 amide bonds. The zero-order valence-corrected chi connectivity index (χ0v) is 8.55. The number of halogens is 1. The van der Waals surface area contributed by atoms with E-state index in [9.17, 15) is 4.39 Å². The minimum absolute atomic E-state index is 0.353. The minimum Gasteiger partial charge on any atom is -0.244 e. The predicted molar refractivity (Wildman–Crippen MR) is 54.7 cm³/mol. The summed E-state index contributed by atoms with van der Waals surface area (Å²) in [4.78, 5) is 0. The highest BCUT2D eigenvalue weighted by Crippen LogP contribution is 2.19. The van der Waals surface area contributed by atoms with Crippen molar-refractivity contribution in [1.29, 1.82) is 5.26 Å². The van der Waals surface area contributed by atoms with Crippen LogP contribution in [0.15, 0.2) is 24.3 Å². The summed E-state index contributed by atoms with van der Waals surface area (Å²) in [6.45, 7) is 3.10. The first kappa shape index (κ1) is 10.7. The number of nitriles is 1. The molecule has 0 N–H and O–H groups in total. The van der Waals surface area contributed by atoms with Crippen molar-refractivity contribution in [3.05, 3.63) is 35.4 Å². The van der Waals surface area contributed by atoms with Crippen molar-refractivity contribution in [2.75, 3.05) is 0 Å². The molecule has 0 bridgehead atoms. The van der Waals surface area contributed by atoms with E-state index in [1.54, 1.807) is 13.8 Å². The zero-order valence-electron chi connectivity index (χ0n) is 8.55. The Hall–Kier alpha value is -1.36. The molecule has 0 heterocycles. The molecule has 0 aliphatic rings. The smallest absolute Gasteiger partial charge is 0.109 e. The van der Waals surface area contributed by atoms with Crippen LogP contribution in [0.25, 0.3) is 0 Å². The van der Waals surface area contributed by atoms with Crippen LogP contribution < -0.4 is 0 Å². The van der Waals surface area contributed by atoms with Gasteiger partial charge in [0.15, 0.2) is 0 Å². The molecule has 0 fully saturated rings. The Labute approximate surface area is 84.2 Å². The molecule has 1 aromatic rings. The number of hydrogen-bond acceptors (Lipinski definition) is 1. The Morgan fingerprint density at radius 3 is 2.36 bits per heavy atom. The van der Waals surface area contributed by atoms with Crippen molar-refractivity contribution < 1.29 is 4.39 Å². The van der Waals surface area contributed by atoms with E-state index in [0.717, 1.165) is 11.1 Å². The van der Waals surface area contributed by atoms with Crippen molar-refractivity contribution in [1.82, 2.24) is 0 Å². The normalized spacial score (nSPS) is 11.0. The average molecular weight is 191 g/mol. The van der Waals surface area contributed by atoms with Crippen LogP contribution in [-0.2, 0) is 12.8 Å². The van der Waals surface area contributed by atoms with Gasteiger partial charge in [-0.15, -0.1) is 0 Å². The third-order valence-electron chi connectivity index (χ3n) is 2.00. The summed E-state index contributed by atoms with van der Waals surface area (Å²) in [5.41, 5.74) is 0.647. The van der Waals surface area contributed by atoms with Crippen molar-refractivity contribution in [2.24, 2.45) is 0 Å². The topological polar surface area (TPSA) is 23.8 Å². The molecule has 0 saturated carbocycles. The van der Waals surface area contributed by atoms with Gasteiger partial charge in [-0.05, 0) is 25.0 Å². The molecule has 0 spiro atoms. The molecular weight excluding hydrogens is 177 g/mol. The average Bonchev–Trinajstić information content (AvgIpc) is 2.06. The number of alkyl halides is 1. The van der Waals surface area contributed by atoms with Gasteiger partial charge >= 0.3 is 0 Å². The highest BCUT2D eigenvalue weighted by atomic mass is 19.1. The first-order valence-corrected chi connectivity index (χ1v) is 4.65. The van der Waals surface area contributed by atoms with Gasteiger partial charge in [0.1, 0.15) is 5.67 Å². The van der Waals surface area contributed by atoms with Gasteiger partial charge in [0.25, 0.3) is 0 Å². The largest absolute Gasteiger partial charge is 0.244 e. The van der Waals surface area contributed by atoms with Crippen LogP contribution in [0.1, 0.15) is 25.0 Å². The highest BCUT2D eigenvalue weighted by molar-refractivity contribution is 5.30. The number of rotatable bonds is 3. The van der Waals surface area contributed by atoms with E-state index in [1.165, 1.54) is 0 Å². The lowest BCUT2D eigenvalue weighted by Gasteiger charge is -2.15. The lowest BCUT2D eigenvalue weighted by molar-refractivity contribution is 0.216. The monoisotopic (exact) mass is 191 g/mol. The van der Waals surface area contributed by atoms with Gasteiger partial charge < -0.3 is 0 Å². The zero-order chi connectivity index (χ0) is 10.6. The molecule has 0 aromatic heterocycles. The van der Waals surface area contributed by atoms with E-state index in [0.29, 0.717) is 12.8 Å². The molecule has 1 aromatic carbocycles. The number of nitrogens with zero attached hydrogens (tertiary/aromatic N) is 1. The van der Waals surface area contributed by atoms with Crippen molar-refractivity contribution in [3.8, 4) is 6.07 Å². The van der Waals surface area contributed by atoms with Crippen LogP contribution in [0, 0.1) is 11.3 Å². The first-order chi connectivity index (χ1) is 6.53. The van der Waals surface area contributed by atoms with Gasteiger partial charge in [-0.2, -0.15) is 5.26 Å². The molecule has 0 saturated heterocycles. The molecule has 1 rings (SSSR count). The highest BCUT2D eigenvalue weighted by Gasteiger charge is 2.17. The maximum atomic E-state index is 13.4. The van der Waals surface area contributed by atoms with Gasteiger partial charge in [-0.25, -0.2) is 4.39 Å². The summed E-state index contributed by atoms with van der Waals surface area (Å²) in [5.74, 6) is 0. The molecular formula is C12H14FN. The minimum atomic E-state index is -1.22. The fourth-order valence-electron chi connectivity index (χ4n) is 1.44. The Kier molecular flexibility index (Phi) is 3.24. The van der Waals surface area contributed by atoms with E-state index >= 15 is 0 Å². The fourth-order valence-corrected chi connectivity index (χ4v) is 1.44. The lowest BCUT2D eigenvalue weighted by atomic mass is 9.95. The van der Waals surface area contributed by atoms with E-state index in [1.807, 2.05) is 24.3 Å². The molecule has 0 aliphatic heterocycles. The summed E-state index contributed by atoms with van der Waals surface area (Å²) >= 11 is 0. The first-order valence-electron chi connectivity index (χ1n) is 4.65. The number of hydrogen-bond donors (Lipinski definition) is 0. The Bertz CT molecular complexity index is 344. The van der Waals surface area contributed by atoms with Crippen LogP contribution >= 0.6 is 0 Å². The molecule has 0 radical (unpaired) electrons. The van der Waals surface area contributed by atoms with Gasteiger partial charge in [-0.1, -0.05) is 24.3 Å². The quantitative estimate of drug-likeness (QED) is 0.720. The Morgan fingerprint density at radius 1 is 1.29 bits per heavy atom. The maximum absolute atomic E-state index is 13.4. The van der Waals surface area contributed by atoms with Crippen LogP contribution in [0.4, 0.5) is 4.39 Å². The summed E-state index contributed by atoms with van der Waals surface area (Å²) in [6.07, 6.45) is 0.719. The van der Waals surface area contributed by atoms with Crippen LogP contribution in [0.2, 0.25) is 0 Å². The molecule has 2 heteroatoms. The lowest BCUT2D eigenvalue weighted by Crippen LogP contribution is -2.16. The Morgan fingerprint density at radius 2 is 1.86 bits per heavy atom. The number of benzene rings is 1. The van der Waals surface area contributed by atoms with E-state index in [4.69, 9.17) is 5.26 Å².